The molecule has 0 aliphatic carbocycles. The largest absolute Gasteiger partial charge is 0.508 e. The summed E-state index contributed by atoms with van der Waals surface area (Å²) in [6, 6.07) is 0. The predicted octanol–water partition coefficient (Wildman–Crippen LogP) is 2.91. The number of carbonyl (C=O) groups excluding carboxylic acids is 1. The molecule has 0 atom stereocenters. The average Bonchev–Trinajstić information content (AvgIpc) is 2.28. The molecule has 1 aliphatic rings. The van der Waals surface area contributed by atoms with E-state index in [1.165, 1.54) is 0 Å². The van der Waals surface area contributed by atoms with Gasteiger partial charge in [0.05, 0.1) is 0 Å². The molecule has 106 valence electrons. The fraction of sp³-hybridized carbons (Fsp3) is 0.929. The second-order valence-corrected chi connectivity index (χ2v) is 5.94. The monoisotopic (exact) mass is 257 g/mol. The summed E-state index contributed by atoms with van der Waals surface area (Å²) in [7, 11) is 2.09. The predicted molar refractivity (Wildman–Crippen MR) is 71.5 cm³/mol. The molecule has 18 heavy (non-hydrogen) atoms. The van der Waals surface area contributed by atoms with E-state index in [9.17, 15) is 4.79 Å². The summed E-state index contributed by atoms with van der Waals surface area (Å²) in [4.78, 5) is 14.0. The first kappa shape index (κ1) is 15.3. The molecule has 0 saturated carbocycles. The maximum absolute atomic E-state index is 11.8. The minimum atomic E-state index is -0.503. The van der Waals surface area contributed by atoms with E-state index >= 15 is 0 Å². The topological polar surface area (TPSA) is 38.8 Å². The van der Waals surface area contributed by atoms with Crippen LogP contribution in [-0.2, 0) is 9.47 Å². The van der Waals surface area contributed by atoms with Gasteiger partial charge in [-0.3, -0.25) is 0 Å². The molecule has 0 unspecified atom stereocenters. The number of carbonyl (C=O) groups is 1. The molecule has 4 heteroatoms. The van der Waals surface area contributed by atoms with Gasteiger partial charge in [-0.15, -0.1) is 0 Å². The van der Waals surface area contributed by atoms with Crippen molar-refractivity contribution in [2.75, 3.05) is 20.1 Å². The third kappa shape index (κ3) is 4.84. The quantitative estimate of drug-likeness (QED) is 0.726. The van der Waals surface area contributed by atoms with Gasteiger partial charge in [0.2, 0.25) is 0 Å². The van der Waals surface area contributed by atoms with Gasteiger partial charge in [0.1, 0.15) is 12.2 Å². The highest BCUT2D eigenvalue weighted by Gasteiger charge is 2.26. The first-order chi connectivity index (χ1) is 8.40. The number of hydrogen-bond donors (Lipinski definition) is 0. The molecule has 0 aromatic rings. The molecule has 0 aromatic carbocycles. The van der Waals surface area contributed by atoms with Crippen molar-refractivity contribution in [2.24, 2.45) is 11.8 Å². The molecule has 1 saturated heterocycles. The van der Waals surface area contributed by atoms with Gasteiger partial charge in [0.15, 0.2) is 0 Å². The molecule has 1 heterocycles. The van der Waals surface area contributed by atoms with Crippen LogP contribution < -0.4 is 0 Å². The fourth-order valence-electron chi connectivity index (χ4n) is 2.42. The first-order valence-electron chi connectivity index (χ1n) is 6.96. The van der Waals surface area contributed by atoms with E-state index in [1.54, 1.807) is 0 Å². The van der Waals surface area contributed by atoms with Crippen molar-refractivity contribution in [2.45, 2.75) is 52.7 Å². The Morgan fingerprint density at radius 2 is 1.61 bits per heavy atom. The van der Waals surface area contributed by atoms with E-state index < -0.39 is 6.16 Å². The smallest absolute Gasteiger partial charge is 0.431 e. The van der Waals surface area contributed by atoms with Gasteiger partial charge >= 0.3 is 6.16 Å². The van der Waals surface area contributed by atoms with Gasteiger partial charge < -0.3 is 14.4 Å². The van der Waals surface area contributed by atoms with E-state index in [-0.39, 0.29) is 12.2 Å². The minimum Gasteiger partial charge on any atom is -0.431 e. The third-order valence-corrected chi connectivity index (χ3v) is 3.47. The SMILES string of the molecule is CC(C)C(OC(=O)OC1CCN(C)CC1)C(C)C. The van der Waals surface area contributed by atoms with Crippen LogP contribution in [0.4, 0.5) is 4.79 Å². The molecule has 0 amide bonds. The molecular formula is C14H27NO3. The van der Waals surface area contributed by atoms with Crippen LogP contribution >= 0.6 is 0 Å². The zero-order valence-corrected chi connectivity index (χ0v) is 12.3. The van der Waals surface area contributed by atoms with Gasteiger partial charge in [0.25, 0.3) is 0 Å². The Hall–Kier alpha value is -0.770. The van der Waals surface area contributed by atoms with Crippen LogP contribution in [0.25, 0.3) is 0 Å². The molecule has 0 spiro atoms. The van der Waals surface area contributed by atoms with Crippen molar-refractivity contribution >= 4 is 6.16 Å². The summed E-state index contributed by atoms with van der Waals surface area (Å²) in [6.45, 7) is 10.2. The van der Waals surface area contributed by atoms with Crippen LogP contribution in [-0.4, -0.2) is 43.4 Å². The summed E-state index contributed by atoms with van der Waals surface area (Å²) in [6.07, 6.45) is 1.26. The lowest BCUT2D eigenvalue weighted by molar-refractivity contribution is -0.0389. The standard InChI is InChI=1S/C14H27NO3/c1-10(2)13(11(3)4)18-14(16)17-12-6-8-15(5)9-7-12/h10-13H,6-9H2,1-5H3. The molecule has 1 fully saturated rings. The fourth-order valence-corrected chi connectivity index (χ4v) is 2.42. The highest BCUT2D eigenvalue weighted by atomic mass is 16.7. The van der Waals surface area contributed by atoms with E-state index in [0.29, 0.717) is 11.8 Å². The molecule has 1 aliphatic heterocycles. The lowest BCUT2D eigenvalue weighted by Crippen LogP contribution is -2.37. The second kappa shape index (κ2) is 6.98. The van der Waals surface area contributed by atoms with Crippen molar-refractivity contribution < 1.29 is 14.3 Å². The number of nitrogens with zero attached hydrogens (tertiary/aromatic N) is 1. The summed E-state index contributed by atoms with van der Waals surface area (Å²) < 4.78 is 10.8. The van der Waals surface area contributed by atoms with Crippen LogP contribution in [0.1, 0.15) is 40.5 Å². The van der Waals surface area contributed by atoms with Gasteiger partial charge in [-0.2, -0.15) is 0 Å². The van der Waals surface area contributed by atoms with Gasteiger partial charge in [0, 0.05) is 13.1 Å². The van der Waals surface area contributed by atoms with Crippen LogP contribution in [0.5, 0.6) is 0 Å². The van der Waals surface area contributed by atoms with Gasteiger partial charge in [-0.25, -0.2) is 4.79 Å². The Bertz CT molecular complexity index is 250. The lowest BCUT2D eigenvalue weighted by Gasteiger charge is -2.30. The molecule has 0 bridgehead atoms. The van der Waals surface area contributed by atoms with Crippen LogP contribution in [0.3, 0.4) is 0 Å². The summed E-state index contributed by atoms with van der Waals surface area (Å²) in [5.41, 5.74) is 0. The van der Waals surface area contributed by atoms with Crippen molar-refractivity contribution in [3.63, 3.8) is 0 Å². The molecule has 0 N–H and O–H groups in total. The highest BCUT2D eigenvalue weighted by Crippen LogP contribution is 2.19. The Kier molecular flexibility index (Phi) is 5.93. The van der Waals surface area contributed by atoms with Crippen molar-refractivity contribution in [1.82, 2.24) is 4.90 Å². The van der Waals surface area contributed by atoms with Crippen molar-refractivity contribution in [1.29, 1.82) is 0 Å². The van der Waals surface area contributed by atoms with E-state index in [1.807, 2.05) is 0 Å². The number of rotatable bonds is 4. The molecule has 4 nitrogen and oxygen atoms in total. The van der Waals surface area contributed by atoms with E-state index in [2.05, 4.69) is 39.6 Å². The number of ether oxygens (including phenoxy) is 2. The Morgan fingerprint density at radius 3 is 2.06 bits per heavy atom. The maximum atomic E-state index is 11.8. The Labute approximate surface area is 111 Å². The third-order valence-electron chi connectivity index (χ3n) is 3.47. The highest BCUT2D eigenvalue weighted by molar-refractivity contribution is 5.60. The van der Waals surface area contributed by atoms with Crippen LogP contribution in [0, 0.1) is 11.8 Å². The molecular weight excluding hydrogens is 230 g/mol. The summed E-state index contributed by atoms with van der Waals surface area (Å²) in [5.74, 6) is 0.630. The van der Waals surface area contributed by atoms with Crippen LogP contribution in [0.15, 0.2) is 0 Å². The zero-order valence-electron chi connectivity index (χ0n) is 12.3. The molecule has 0 radical (unpaired) electrons. The van der Waals surface area contributed by atoms with Crippen molar-refractivity contribution in [3.05, 3.63) is 0 Å². The number of likely N-dealkylation sites (tertiary alicyclic amines) is 1. The lowest BCUT2D eigenvalue weighted by atomic mass is 9.96. The average molecular weight is 257 g/mol. The van der Waals surface area contributed by atoms with Crippen LogP contribution in [0.2, 0.25) is 0 Å². The van der Waals surface area contributed by atoms with Gasteiger partial charge in [-0.1, -0.05) is 27.7 Å². The molecule has 0 aromatic heterocycles. The van der Waals surface area contributed by atoms with Crippen molar-refractivity contribution in [3.8, 4) is 0 Å². The minimum absolute atomic E-state index is 0.0219. The number of piperidine rings is 1. The number of hydrogen-bond acceptors (Lipinski definition) is 4. The first-order valence-corrected chi connectivity index (χ1v) is 6.96. The Balaban J connectivity index is 2.36. The maximum Gasteiger partial charge on any atom is 0.508 e. The van der Waals surface area contributed by atoms with Gasteiger partial charge in [-0.05, 0) is 31.7 Å². The molecule has 1 rings (SSSR count). The normalized spacial score (nSPS) is 18.7. The zero-order chi connectivity index (χ0) is 13.7. The second-order valence-electron chi connectivity index (χ2n) is 5.94. The summed E-state index contributed by atoms with van der Waals surface area (Å²) >= 11 is 0. The Morgan fingerprint density at radius 1 is 1.11 bits per heavy atom. The van der Waals surface area contributed by atoms with E-state index in [0.717, 1.165) is 25.9 Å². The summed E-state index contributed by atoms with van der Waals surface area (Å²) in [5, 5.41) is 0. The van der Waals surface area contributed by atoms with E-state index in [4.69, 9.17) is 9.47 Å².